The van der Waals surface area contributed by atoms with Gasteiger partial charge in [0.05, 0.1) is 0 Å². The first-order chi connectivity index (χ1) is 21.2. The molecule has 2 aliphatic carbocycles. The van der Waals surface area contributed by atoms with Crippen LogP contribution in [0.1, 0.15) is 194 Å². The maximum atomic E-state index is 5.27. The highest BCUT2D eigenvalue weighted by atomic mass is 16.5. The van der Waals surface area contributed by atoms with Gasteiger partial charge >= 0.3 is 0 Å². The number of methoxy groups -OCH3 is 2. The largest absolute Gasteiger partial charge is 0.385 e. The van der Waals surface area contributed by atoms with Crippen molar-refractivity contribution in [2.45, 2.75) is 194 Å². The number of unbranched alkanes of at least 4 members (excludes halogenated alkanes) is 16. The molecule has 2 nitrogen and oxygen atoms in total. The number of rotatable bonds is 28. The van der Waals surface area contributed by atoms with Crippen LogP contribution in [0.2, 0.25) is 0 Å². The first-order valence-corrected chi connectivity index (χ1v) is 20.1. The number of fused-ring (bicyclic) bond motifs is 1. The summed E-state index contributed by atoms with van der Waals surface area (Å²) in [5.41, 5.74) is 0. The van der Waals surface area contributed by atoms with Crippen molar-refractivity contribution in [3.63, 3.8) is 0 Å². The van der Waals surface area contributed by atoms with E-state index in [0.717, 1.165) is 54.6 Å². The molecule has 2 saturated carbocycles. The topological polar surface area (TPSA) is 18.5 Å². The van der Waals surface area contributed by atoms with Gasteiger partial charge in [0.25, 0.3) is 0 Å². The predicted molar refractivity (Wildman–Crippen MR) is 190 cm³/mol. The molecule has 2 aliphatic rings. The van der Waals surface area contributed by atoms with Crippen LogP contribution in [0, 0.1) is 41.4 Å². The number of hydrogen-bond donors (Lipinski definition) is 0. The van der Waals surface area contributed by atoms with Gasteiger partial charge in [-0.05, 0) is 86.4 Å². The monoisotopic (exact) mass is 605 g/mol. The van der Waals surface area contributed by atoms with Crippen LogP contribution >= 0.6 is 0 Å². The van der Waals surface area contributed by atoms with Gasteiger partial charge in [-0.15, -0.1) is 0 Å². The lowest BCUT2D eigenvalue weighted by Crippen LogP contribution is -2.45. The fraction of sp³-hybridized carbons (Fsp3) is 1.00. The molecule has 0 amide bonds. The summed E-state index contributed by atoms with van der Waals surface area (Å²) in [5.74, 6) is 7.11. The maximum absolute atomic E-state index is 5.27. The quantitative estimate of drug-likeness (QED) is 0.0827. The molecule has 0 aromatic carbocycles. The minimum absolute atomic E-state index is 0.941. The average molecular weight is 605 g/mol. The lowest BCUT2D eigenvalue weighted by atomic mass is 9.52. The second-order valence-corrected chi connectivity index (χ2v) is 15.5. The zero-order valence-electron chi connectivity index (χ0n) is 30.4. The summed E-state index contributed by atoms with van der Waals surface area (Å²) >= 11 is 0. The fourth-order valence-electron chi connectivity index (χ4n) is 9.65. The minimum Gasteiger partial charge on any atom is -0.385 e. The van der Waals surface area contributed by atoms with Gasteiger partial charge in [0.15, 0.2) is 0 Å². The van der Waals surface area contributed by atoms with Crippen molar-refractivity contribution < 1.29 is 9.47 Å². The molecule has 7 unspecified atom stereocenters. The van der Waals surface area contributed by atoms with Crippen molar-refractivity contribution in [2.75, 3.05) is 27.4 Å². The summed E-state index contributed by atoms with van der Waals surface area (Å²) in [6, 6.07) is 0. The molecule has 2 heteroatoms. The van der Waals surface area contributed by atoms with E-state index >= 15 is 0 Å². The first kappa shape index (κ1) is 39.1. The summed E-state index contributed by atoms with van der Waals surface area (Å²) < 4.78 is 10.5. The fourth-order valence-corrected chi connectivity index (χ4v) is 9.65. The molecule has 0 spiro atoms. The minimum atomic E-state index is 0.941. The van der Waals surface area contributed by atoms with Crippen LogP contribution in [0.4, 0.5) is 0 Å². The second-order valence-electron chi connectivity index (χ2n) is 15.5. The van der Waals surface area contributed by atoms with Crippen LogP contribution < -0.4 is 0 Å². The Morgan fingerprint density at radius 1 is 0.442 bits per heavy atom. The third-order valence-electron chi connectivity index (χ3n) is 12.1. The van der Waals surface area contributed by atoms with Gasteiger partial charge in [0, 0.05) is 27.4 Å². The third kappa shape index (κ3) is 16.4. The highest BCUT2D eigenvalue weighted by molar-refractivity contribution is 4.96. The molecule has 43 heavy (non-hydrogen) atoms. The van der Waals surface area contributed by atoms with Gasteiger partial charge in [-0.3, -0.25) is 0 Å². The van der Waals surface area contributed by atoms with Crippen LogP contribution in [0.15, 0.2) is 0 Å². The zero-order valence-corrected chi connectivity index (χ0v) is 30.4. The van der Waals surface area contributed by atoms with Gasteiger partial charge in [-0.2, -0.15) is 0 Å². The Bertz CT molecular complexity index is 605. The SMILES string of the molecule is CCCCCCC1CC2CC(C)C(CCCCCCCCOC)C(CCCCCCCCOC)C2CC1CCCCCC. The molecule has 0 saturated heterocycles. The molecule has 2 fully saturated rings. The van der Waals surface area contributed by atoms with Crippen molar-refractivity contribution in [1.82, 2.24) is 0 Å². The molecule has 7 atom stereocenters. The summed E-state index contributed by atoms with van der Waals surface area (Å²) in [6.45, 7) is 9.30. The molecular formula is C41H80O2. The summed E-state index contributed by atoms with van der Waals surface area (Å²) in [5, 5.41) is 0. The van der Waals surface area contributed by atoms with E-state index in [1.54, 1.807) is 25.7 Å². The van der Waals surface area contributed by atoms with Crippen LogP contribution in [-0.4, -0.2) is 27.4 Å². The van der Waals surface area contributed by atoms with Crippen molar-refractivity contribution in [3.8, 4) is 0 Å². The van der Waals surface area contributed by atoms with Crippen molar-refractivity contribution in [3.05, 3.63) is 0 Å². The Morgan fingerprint density at radius 2 is 0.860 bits per heavy atom. The zero-order chi connectivity index (χ0) is 31.0. The second kappa shape index (κ2) is 26.0. The van der Waals surface area contributed by atoms with Crippen LogP contribution in [0.3, 0.4) is 0 Å². The maximum Gasteiger partial charge on any atom is 0.0462 e. The summed E-state index contributed by atoms with van der Waals surface area (Å²) in [7, 11) is 3.68. The van der Waals surface area contributed by atoms with Gasteiger partial charge in [-0.1, -0.05) is 149 Å². The average Bonchev–Trinajstić information content (AvgIpc) is 3.01. The van der Waals surface area contributed by atoms with Gasteiger partial charge in [0.1, 0.15) is 0 Å². The molecule has 0 radical (unpaired) electrons. The van der Waals surface area contributed by atoms with Crippen molar-refractivity contribution in [2.24, 2.45) is 41.4 Å². The molecule has 0 bridgehead atoms. The van der Waals surface area contributed by atoms with E-state index in [1.807, 2.05) is 14.2 Å². The number of ether oxygens (including phenoxy) is 2. The predicted octanol–water partition coefficient (Wildman–Crippen LogP) is 13.2. The number of hydrogen-bond acceptors (Lipinski definition) is 2. The highest BCUT2D eigenvalue weighted by Gasteiger charge is 2.46. The molecule has 0 N–H and O–H groups in total. The van der Waals surface area contributed by atoms with Gasteiger partial charge in [-0.25, -0.2) is 0 Å². The standard InChI is InChI=1S/C41H80O2/c1-6-8-10-20-26-36-33-38-32-35(3)39(28-22-16-12-14-18-24-30-42-4)40(29-23-17-13-15-19-25-31-43-5)41(38)34-37(36)27-21-11-9-7-2/h35-41H,6-34H2,1-5H3. The van der Waals surface area contributed by atoms with Gasteiger partial charge in [0.2, 0.25) is 0 Å². The third-order valence-corrected chi connectivity index (χ3v) is 12.1. The molecule has 2 rings (SSSR count). The van der Waals surface area contributed by atoms with E-state index in [-0.39, 0.29) is 0 Å². The first-order valence-electron chi connectivity index (χ1n) is 20.1. The summed E-state index contributed by atoms with van der Waals surface area (Å²) in [6.07, 6.45) is 39.2. The van der Waals surface area contributed by atoms with Crippen molar-refractivity contribution >= 4 is 0 Å². The van der Waals surface area contributed by atoms with Crippen LogP contribution in [-0.2, 0) is 9.47 Å². The molecular weight excluding hydrogens is 524 g/mol. The molecule has 0 aliphatic heterocycles. The van der Waals surface area contributed by atoms with Crippen LogP contribution in [0.5, 0.6) is 0 Å². The van der Waals surface area contributed by atoms with E-state index in [2.05, 4.69) is 20.8 Å². The Balaban J connectivity index is 2.01. The van der Waals surface area contributed by atoms with E-state index in [0.29, 0.717) is 0 Å². The van der Waals surface area contributed by atoms with E-state index < -0.39 is 0 Å². The molecule has 0 heterocycles. The van der Waals surface area contributed by atoms with E-state index in [4.69, 9.17) is 9.47 Å². The molecule has 0 aromatic heterocycles. The van der Waals surface area contributed by atoms with E-state index in [1.165, 1.54) is 148 Å². The smallest absolute Gasteiger partial charge is 0.0462 e. The van der Waals surface area contributed by atoms with E-state index in [9.17, 15) is 0 Å². The lowest BCUT2D eigenvalue weighted by Gasteiger charge is -2.53. The van der Waals surface area contributed by atoms with Crippen molar-refractivity contribution in [1.29, 1.82) is 0 Å². The van der Waals surface area contributed by atoms with Gasteiger partial charge < -0.3 is 9.47 Å². The van der Waals surface area contributed by atoms with Crippen LogP contribution in [0.25, 0.3) is 0 Å². The highest BCUT2D eigenvalue weighted by Crippen LogP contribution is 2.55. The lowest BCUT2D eigenvalue weighted by molar-refractivity contribution is -0.0344. The normalized spacial score (nSPS) is 27.4. The Hall–Kier alpha value is -0.0800. The Morgan fingerprint density at radius 3 is 1.37 bits per heavy atom. The Labute approximate surface area is 272 Å². The Kier molecular flexibility index (Phi) is 23.7. The summed E-state index contributed by atoms with van der Waals surface area (Å²) in [4.78, 5) is 0. The molecule has 0 aromatic rings. The molecule has 256 valence electrons.